The standard InChI is InChI=1S/C11H16N2O2S/c1-3-15-11(14)9-10(16-6-12-9)13-7(2)8-4-5-8/h6-8,13H,3-5H2,1-2H3. The van der Waals surface area contributed by atoms with Crippen molar-refractivity contribution in [3.63, 3.8) is 0 Å². The van der Waals surface area contributed by atoms with E-state index in [1.165, 1.54) is 24.2 Å². The zero-order valence-electron chi connectivity index (χ0n) is 9.53. The van der Waals surface area contributed by atoms with Crippen LogP contribution in [0.1, 0.15) is 37.2 Å². The van der Waals surface area contributed by atoms with Crippen LogP contribution >= 0.6 is 11.3 Å². The van der Waals surface area contributed by atoms with Crippen molar-refractivity contribution < 1.29 is 9.53 Å². The number of esters is 1. The summed E-state index contributed by atoms with van der Waals surface area (Å²) in [5.74, 6) is 0.409. The Morgan fingerprint density at radius 2 is 2.50 bits per heavy atom. The van der Waals surface area contributed by atoms with Gasteiger partial charge >= 0.3 is 5.97 Å². The molecule has 1 unspecified atom stereocenters. The van der Waals surface area contributed by atoms with Gasteiger partial charge in [0.1, 0.15) is 5.00 Å². The highest BCUT2D eigenvalue weighted by molar-refractivity contribution is 7.14. The first-order chi connectivity index (χ1) is 7.72. The minimum atomic E-state index is -0.339. The lowest BCUT2D eigenvalue weighted by atomic mass is 10.2. The molecular weight excluding hydrogens is 224 g/mol. The van der Waals surface area contributed by atoms with E-state index >= 15 is 0 Å². The van der Waals surface area contributed by atoms with Gasteiger partial charge in [0.2, 0.25) is 0 Å². The molecule has 1 saturated carbocycles. The normalized spacial score (nSPS) is 16.9. The summed E-state index contributed by atoms with van der Waals surface area (Å²) in [4.78, 5) is 15.6. The molecule has 16 heavy (non-hydrogen) atoms. The Morgan fingerprint density at radius 1 is 1.75 bits per heavy atom. The molecule has 88 valence electrons. The van der Waals surface area contributed by atoms with Crippen molar-refractivity contribution in [2.75, 3.05) is 11.9 Å². The minimum Gasteiger partial charge on any atom is -0.461 e. The monoisotopic (exact) mass is 240 g/mol. The smallest absolute Gasteiger partial charge is 0.360 e. The predicted octanol–water partition coefficient (Wildman–Crippen LogP) is 2.53. The van der Waals surface area contributed by atoms with Gasteiger partial charge in [0.15, 0.2) is 5.69 Å². The average molecular weight is 240 g/mol. The molecule has 1 atom stereocenters. The average Bonchev–Trinajstić information content (AvgIpc) is 3.00. The van der Waals surface area contributed by atoms with Crippen LogP contribution in [0.4, 0.5) is 5.00 Å². The number of carbonyl (C=O) groups is 1. The van der Waals surface area contributed by atoms with E-state index in [0.717, 1.165) is 10.9 Å². The number of rotatable bonds is 5. The summed E-state index contributed by atoms with van der Waals surface area (Å²) in [6.07, 6.45) is 2.56. The Kier molecular flexibility index (Phi) is 3.43. The highest BCUT2D eigenvalue weighted by Gasteiger charge is 2.29. The molecule has 1 N–H and O–H groups in total. The fraction of sp³-hybridized carbons (Fsp3) is 0.636. The van der Waals surface area contributed by atoms with Gasteiger partial charge in [-0.25, -0.2) is 9.78 Å². The van der Waals surface area contributed by atoms with E-state index in [1.807, 2.05) is 0 Å². The summed E-state index contributed by atoms with van der Waals surface area (Å²) in [7, 11) is 0. The number of nitrogens with zero attached hydrogens (tertiary/aromatic N) is 1. The van der Waals surface area contributed by atoms with Gasteiger partial charge in [0.25, 0.3) is 0 Å². The predicted molar refractivity (Wildman–Crippen MR) is 63.9 cm³/mol. The summed E-state index contributed by atoms with van der Waals surface area (Å²) in [5, 5.41) is 4.18. The van der Waals surface area contributed by atoms with Gasteiger partial charge in [-0.2, -0.15) is 0 Å². The number of thiazole rings is 1. The lowest BCUT2D eigenvalue weighted by molar-refractivity contribution is 0.0521. The second-order valence-corrected chi connectivity index (χ2v) is 4.88. The minimum absolute atomic E-state index is 0.339. The van der Waals surface area contributed by atoms with Crippen molar-refractivity contribution in [1.82, 2.24) is 4.98 Å². The molecule has 5 heteroatoms. The fourth-order valence-electron chi connectivity index (χ4n) is 1.61. The molecule has 1 aliphatic carbocycles. The zero-order valence-corrected chi connectivity index (χ0v) is 10.3. The third kappa shape index (κ3) is 2.52. The van der Waals surface area contributed by atoms with Crippen LogP contribution in [0.3, 0.4) is 0 Å². The van der Waals surface area contributed by atoms with Crippen LogP contribution in [-0.4, -0.2) is 23.6 Å². The Hall–Kier alpha value is -1.10. The number of anilines is 1. The van der Waals surface area contributed by atoms with Crippen LogP contribution in [0, 0.1) is 5.92 Å². The molecular formula is C11H16N2O2S. The van der Waals surface area contributed by atoms with Gasteiger partial charge < -0.3 is 10.1 Å². The molecule has 1 aromatic rings. The SMILES string of the molecule is CCOC(=O)c1ncsc1NC(C)C1CC1. The molecule has 0 spiro atoms. The lowest BCUT2D eigenvalue weighted by Gasteiger charge is -2.12. The van der Waals surface area contributed by atoms with Crippen molar-refractivity contribution in [1.29, 1.82) is 0 Å². The molecule has 1 aliphatic rings. The molecule has 0 bridgehead atoms. The largest absolute Gasteiger partial charge is 0.461 e. The number of hydrogen-bond acceptors (Lipinski definition) is 5. The first-order valence-electron chi connectivity index (χ1n) is 5.59. The van der Waals surface area contributed by atoms with Crippen molar-refractivity contribution in [3.8, 4) is 0 Å². The molecule has 0 aliphatic heterocycles. The van der Waals surface area contributed by atoms with Crippen molar-refractivity contribution in [3.05, 3.63) is 11.2 Å². The van der Waals surface area contributed by atoms with Gasteiger partial charge in [-0.1, -0.05) is 0 Å². The first kappa shape index (κ1) is 11.4. The van der Waals surface area contributed by atoms with E-state index in [1.54, 1.807) is 12.4 Å². The molecule has 0 saturated heterocycles. The van der Waals surface area contributed by atoms with E-state index in [4.69, 9.17) is 4.74 Å². The van der Waals surface area contributed by atoms with Crippen LogP contribution in [0.15, 0.2) is 5.51 Å². The van der Waals surface area contributed by atoms with Crippen molar-refractivity contribution >= 4 is 22.3 Å². The van der Waals surface area contributed by atoms with E-state index < -0.39 is 0 Å². The molecule has 1 aromatic heterocycles. The van der Waals surface area contributed by atoms with Gasteiger partial charge in [-0.15, -0.1) is 11.3 Å². The number of ether oxygens (including phenoxy) is 1. The Labute approximate surface area is 99.0 Å². The molecule has 0 aromatic carbocycles. The number of nitrogens with one attached hydrogen (secondary N) is 1. The number of hydrogen-bond donors (Lipinski definition) is 1. The highest BCUT2D eigenvalue weighted by Crippen LogP contribution is 2.35. The highest BCUT2D eigenvalue weighted by atomic mass is 32.1. The lowest BCUT2D eigenvalue weighted by Crippen LogP contribution is -2.18. The Balaban J connectivity index is 2.03. The molecule has 4 nitrogen and oxygen atoms in total. The number of carbonyl (C=O) groups excluding carboxylic acids is 1. The van der Waals surface area contributed by atoms with E-state index in [2.05, 4.69) is 17.2 Å². The fourth-order valence-corrected chi connectivity index (χ4v) is 2.38. The maximum atomic E-state index is 11.6. The van der Waals surface area contributed by atoms with Crippen molar-refractivity contribution in [2.24, 2.45) is 5.92 Å². The first-order valence-corrected chi connectivity index (χ1v) is 6.47. The molecule has 0 radical (unpaired) electrons. The molecule has 2 rings (SSSR count). The quantitative estimate of drug-likeness (QED) is 0.803. The van der Waals surface area contributed by atoms with Crippen LogP contribution < -0.4 is 5.32 Å². The van der Waals surface area contributed by atoms with Crippen LogP contribution in [0.25, 0.3) is 0 Å². The summed E-state index contributed by atoms with van der Waals surface area (Å²) in [6, 6.07) is 0.411. The van der Waals surface area contributed by atoms with E-state index in [-0.39, 0.29) is 5.97 Å². The molecule has 1 heterocycles. The molecule has 0 amide bonds. The van der Waals surface area contributed by atoms with E-state index in [0.29, 0.717) is 18.3 Å². The van der Waals surface area contributed by atoms with Crippen LogP contribution in [-0.2, 0) is 4.74 Å². The third-order valence-electron chi connectivity index (χ3n) is 2.72. The van der Waals surface area contributed by atoms with Crippen molar-refractivity contribution in [2.45, 2.75) is 32.7 Å². The Morgan fingerprint density at radius 3 is 3.12 bits per heavy atom. The Bertz CT molecular complexity index is 374. The summed E-state index contributed by atoms with van der Waals surface area (Å²) in [5.41, 5.74) is 2.09. The second-order valence-electron chi connectivity index (χ2n) is 4.02. The van der Waals surface area contributed by atoms with Gasteiger partial charge in [0.05, 0.1) is 12.1 Å². The second kappa shape index (κ2) is 4.82. The topological polar surface area (TPSA) is 51.2 Å². The summed E-state index contributed by atoms with van der Waals surface area (Å²) < 4.78 is 4.95. The molecule has 1 fully saturated rings. The van der Waals surface area contributed by atoms with E-state index in [9.17, 15) is 4.79 Å². The number of aromatic nitrogens is 1. The zero-order chi connectivity index (χ0) is 11.5. The van der Waals surface area contributed by atoms with Crippen LogP contribution in [0.2, 0.25) is 0 Å². The maximum absolute atomic E-state index is 11.6. The summed E-state index contributed by atoms with van der Waals surface area (Å²) >= 11 is 1.45. The third-order valence-corrected chi connectivity index (χ3v) is 3.48. The van der Waals surface area contributed by atoms with Gasteiger partial charge in [-0.3, -0.25) is 0 Å². The van der Waals surface area contributed by atoms with Gasteiger partial charge in [-0.05, 0) is 32.6 Å². The van der Waals surface area contributed by atoms with Crippen LogP contribution in [0.5, 0.6) is 0 Å². The van der Waals surface area contributed by atoms with Gasteiger partial charge in [0, 0.05) is 6.04 Å². The maximum Gasteiger partial charge on any atom is 0.360 e. The summed E-state index contributed by atoms with van der Waals surface area (Å²) in [6.45, 7) is 4.32.